The van der Waals surface area contributed by atoms with Gasteiger partial charge in [-0.1, -0.05) is 30.3 Å². The molecule has 0 aromatic heterocycles. The molecule has 1 atom stereocenters. The number of hydrogen-bond acceptors (Lipinski definition) is 1. The molecular weight excluding hydrogens is 258 g/mol. The summed E-state index contributed by atoms with van der Waals surface area (Å²) in [5, 5.41) is 3.47. The van der Waals surface area contributed by atoms with Gasteiger partial charge in [-0.3, -0.25) is 4.99 Å². The van der Waals surface area contributed by atoms with E-state index in [0.29, 0.717) is 0 Å². The summed E-state index contributed by atoms with van der Waals surface area (Å²) >= 11 is 0. The van der Waals surface area contributed by atoms with Crippen molar-refractivity contribution in [2.24, 2.45) is 16.8 Å². The minimum absolute atomic E-state index is 0.761. The van der Waals surface area contributed by atoms with Crippen LogP contribution in [-0.2, 0) is 6.42 Å². The number of benzene rings is 1. The normalized spacial score (nSPS) is 22.6. The summed E-state index contributed by atoms with van der Waals surface area (Å²) in [5.74, 6) is 2.76. The Bertz CT molecular complexity index is 465. The Hall–Kier alpha value is -1.51. The zero-order valence-corrected chi connectivity index (χ0v) is 13.1. The van der Waals surface area contributed by atoms with E-state index in [1.165, 1.54) is 31.2 Å². The van der Waals surface area contributed by atoms with Crippen molar-refractivity contribution in [3.05, 3.63) is 35.9 Å². The highest BCUT2D eigenvalue weighted by molar-refractivity contribution is 5.80. The average molecular weight is 285 g/mol. The lowest BCUT2D eigenvalue weighted by molar-refractivity contribution is 0.459. The molecule has 0 amide bonds. The summed E-state index contributed by atoms with van der Waals surface area (Å²) < 4.78 is 0. The van der Waals surface area contributed by atoms with Crippen molar-refractivity contribution in [2.45, 2.75) is 32.6 Å². The SMILES string of the molecule is CCNC(=NCC1CC1)N1CCC(Cc2ccccc2)C1. The lowest BCUT2D eigenvalue weighted by Gasteiger charge is -2.21. The van der Waals surface area contributed by atoms with Crippen LogP contribution in [-0.4, -0.2) is 37.0 Å². The molecule has 0 bridgehead atoms. The van der Waals surface area contributed by atoms with Crippen molar-refractivity contribution < 1.29 is 0 Å². The molecular formula is C18H27N3. The van der Waals surface area contributed by atoms with Crippen LogP contribution in [0.2, 0.25) is 0 Å². The second kappa shape index (κ2) is 6.97. The topological polar surface area (TPSA) is 27.6 Å². The van der Waals surface area contributed by atoms with Crippen molar-refractivity contribution in [3.8, 4) is 0 Å². The Balaban J connectivity index is 1.55. The molecule has 1 aliphatic carbocycles. The number of nitrogens with one attached hydrogen (secondary N) is 1. The molecule has 1 aliphatic heterocycles. The summed E-state index contributed by atoms with van der Waals surface area (Å²) in [6.45, 7) is 6.43. The Labute approximate surface area is 128 Å². The number of rotatable bonds is 5. The van der Waals surface area contributed by atoms with Crippen LogP contribution in [0.3, 0.4) is 0 Å². The molecule has 0 radical (unpaired) electrons. The highest BCUT2D eigenvalue weighted by Crippen LogP contribution is 2.29. The summed E-state index contributed by atoms with van der Waals surface area (Å²) in [6, 6.07) is 10.9. The molecule has 1 aromatic rings. The second-order valence-corrected chi connectivity index (χ2v) is 6.43. The van der Waals surface area contributed by atoms with Gasteiger partial charge < -0.3 is 10.2 Å². The maximum absolute atomic E-state index is 4.83. The first kappa shape index (κ1) is 14.4. The summed E-state index contributed by atoms with van der Waals surface area (Å²) in [7, 11) is 0. The van der Waals surface area contributed by atoms with E-state index in [-0.39, 0.29) is 0 Å². The predicted octanol–water partition coefficient (Wildman–Crippen LogP) is 2.93. The van der Waals surface area contributed by atoms with Crippen LogP contribution in [0.4, 0.5) is 0 Å². The molecule has 3 heteroatoms. The van der Waals surface area contributed by atoms with Gasteiger partial charge in [-0.2, -0.15) is 0 Å². The lowest BCUT2D eigenvalue weighted by Crippen LogP contribution is -2.40. The Kier molecular flexibility index (Phi) is 4.79. The van der Waals surface area contributed by atoms with Crippen molar-refractivity contribution >= 4 is 5.96 Å². The molecule has 1 unspecified atom stereocenters. The lowest BCUT2D eigenvalue weighted by atomic mass is 9.99. The highest BCUT2D eigenvalue weighted by Gasteiger charge is 2.26. The van der Waals surface area contributed by atoms with Crippen molar-refractivity contribution in [3.63, 3.8) is 0 Å². The standard InChI is InChI=1S/C18H27N3/c1-2-19-18(20-13-16-8-9-16)21-11-10-17(14-21)12-15-6-4-3-5-7-15/h3-7,16-17H,2,8-14H2,1H3,(H,19,20). The van der Waals surface area contributed by atoms with Gasteiger partial charge in [-0.15, -0.1) is 0 Å². The number of likely N-dealkylation sites (tertiary alicyclic amines) is 1. The third kappa shape index (κ3) is 4.23. The largest absolute Gasteiger partial charge is 0.357 e. The van der Waals surface area contributed by atoms with E-state index in [1.54, 1.807) is 0 Å². The average Bonchev–Trinajstić information content (AvgIpc) is 3.23. The number of nitrogens with zero attached hydrogens (tertiary/aromatic N) is 2. The quantitative estimate of drug-likeness (QED) is 0.665. The molecule has 114 valence electrons. The maximum atomic E-state index is 4.83. The third-order valence-corrected chi connectivity index (χ3v) is 4.48. The minimum Gasteiger partial charge on any atom is -0.357 e. The van der Waals surface area contributed by atoms with E-state index in [0.717, 1.165) is 44.0 Å². The van der Waals surface area contributed by atoms with Crippen LogP contribution in [0.15, 0.2) is 35.3 Å². The number of hydrogen-bond donors (Lipinski definition) is 1. The molecule has 1 saturated heterocycles. The zero-order chi connectivity index (χ0) is 14.5. The fraction of sp³-hybridized carbons (Fsp3) is 0.611. The van der Waals surface area contributed by atoms with Crippen molar-refractivity contribution in [2.75, 3.05) is 26.2 Å². The van der Waals surface area contributed by atoms with E-state index >= 15 is 0 Å². The van der Waals surface area contributed by atoms with Gasteiger partial charge in [-0.05, 0) is 50.0 Å². The summed E-state index contributed by atoms with van der Waals surface area (Å²) in [4.78, 5) is 7.29. The summed E-state index contributed by atoms with van der Waals surface area (Å²) in [5.41, 5.74) is 1.46. The first-order valence-electron chi connectivity index (χ1n) is 8.42. The zero-order valence-electron chi connectivity index (χ0n) is 13.1. The Morgan fingerprint density at radius 1 is 1.19 bits per heavy atom. The van der Waals surface area contributed by atoms with E-state index in [4.69, 9.17) is 4.99 Å². The van der Waals surface area contributed by atoms with Gasteiger partial charge in [0.15, 0.2) is 5.96 Å². The molecule has 21 heavy (non-hydrogen) atoms. The fourth-order valence-corrected chi connectivity index (χ4v) is 3.08. The van der Waals surface area contributed by atoms with Crippen LogP contribution in [0, 0.1) is 11.8 Å². The molecule has 3 rings (SSSR count). The van der Waals surface area contributed by atoms with Crippen LogP contribution in [0.1, 0.15) is 31.7 Å². The molecule has 2 fully saturated rings. The Morgan fingerprint density at radius 2 is 2.00 bits per heavy atom. The number of guanidine groups is 1. The summed E-state index contributed by atoms with van der Waals surface area (Å²) in [6.07, 6.45) is 5.22. The first-order chi connectivity index (χ1) is 10.3. The van der Waals surface area contributed by atoms with Crippen LogP contribution >= 0.6 is 0 Å². The maximum Gasteiger partial charge on any atom is 0.193 e. The van der Waals surface area contributed by atoms with Gasteiger partial charge in [0.1, 0.15) is 0 Å². The van der Waals surface area contributed by atoms with Gasteiger partial charge in [0.2, 0.25) is 0 Å². The molecule has 0 spiro atoms. The van der Waals surface area contributed by atoms with Crippen LogP contribution < -0.4 is 5.32 Å². The second-order valence-electron chi connectivity index (χ2n) is 6.43. The molecule has 1 saturated carbocycles. The fourth-order valence-electron chi connectivity index (χ4n) is 3.08. The first-order valence-corrected chi connectivity index (χ1v) is 8.42. The molecule has 1 heterocycles. The van der Waals surface area contributed by atoms with Gasteiger partial charge in [-0.25, -0.2) is 0 Å². The van der Waals surface area contributed by atoms with E-state index in [2.05, 4.69) is 47.5 Å². The van der Waals surface area contributed by atoms with Gasteiger partial charge in [0.25, 0.3) is 0 Å². The number of aliphatic imine (C=N–C) groups is 1. The van der Waals surface area contributed by atoms with Crippen LogP contribution in [0.5, 0.6) is 0 Å². The van der Waals surface area contributed by atoms with Crippen LogP contribution in [0.25, 0.3) is 0 Å². The minimum atomic E-state index is 0.761. The van der Waals surface area contributed by atoms with E-state index in [9.17, 15) is 0 Å². The molecule has 1 aromatic carbocycles. The highest BCUT2D eigenvalue weighted by atomic mass is 15.3. The Morgan fingerprint density at radius 3 is 2.71 bits per heavy atom. The van der Waals surface area contributed by atoms with Crippen molar-refractivity contribution in [1.29, 1.82) is 0 Å². The van der Waals surface area contributed by atoms with E-state index in [1.807, 2.05) is 0 Å². The predicted molar refractivity (Wildman–Crippen MR) is 88.5 cm³/mol. The third-order valence-electron chi connectivity index (χ3n) is 4.48. The van der Waals surface area contributed by atoms with Gasteiger partial charge in [0.05, 0.1) is 0 Å². The molecule has 2 aliphatic rings. The monoisotopic (exact) mass is 285 g/mol. The van der Waals surface area contributed by atoms with Gasteiger partial charge >= 0.3 is 0 Å². The van der Waals surface area contributed by atoms with Gasteiger partial charge in [0, 0.05) is 26.2 Å². The smallest absolute Gasteiger partial charge is 0.193 e. The van der Waals surface area contributed by atoms with E-state index < -0.39 is 0 Å². The molecule has 1 N–H and O–H groups in total. The van der Waals surface area contributed by atoms with Crippen molar-refractivity contribution in [1.82, 2.24) is 10.2 Å². The molecule has 3 nitrogen and oxygen atoms in total.